The van der Waals surface area contributed by atoms with Gasteiger partial charge in [-0.05, 0) is 85.9 Å². The van der Waals surface area contributed by atoms with Crippen LogP contribution in [-0.2, 0) is 20.9 Å². The molecule has 6 N–H and O–H groups in total. The molecule has 3 saturated heterocycles. The van der Waals surface area contributed by atoms with Crippen molar-refractivity contribution in [2.45, 2.75) is 107 Å². The summed E-state index contributed by atoms with van der Waals surface area (Å²) in [6, 6.07) is 12.5. The van der Waals surface area contributed by atoms with Gasteiger partial charge >= 0.3 is 0 Å². The van der Waals surface area contributed by atoms with E-state index in [0.717, 1.165) is 61.0 Å². The molecule has 19 nitrogen and oxygen atoms in total. The van der Waals surface area contributed by atoms with Crippen LogP contribution in [0.4, 0.5) is 21.7 Å². The second-order valence-corrected chi connectivity index (χ2v) is 24.1. The number of aromatic nitrogens is 5. The fourth-order valence-electron chi connectivity index (χ4n) is 9.66. The monoisotopic (exact) mass is 1110 g/mol. The maximum absolute atomic E-state index is 14.7. The Kier molecular flexibility index (Phi) is 17.0. The van der Waals surface area contributed by atoms with E-state index in [1.165, 1.54) is 28.0 Å². The number of anilines is 3. The number of nitrogens with one attached hydrogen (secondary N) is 3. The van der Waals surface area contributed by atoms with E-state index in [4.69, 9.17) is 22.1 Å². The molecule has 6 heterocycles. The number of hydrogen-bond donors (Lipinski definition) is 5. The maximum atomic E-state index is 14.7. The van der Waals surface area contributed by atoms with Crippen LogP contribution in [0.1, 0.15) is 81.5 Å². The van der Waals surface area contributed by atoms with Gasteiger partial charge in [-0.2, -0.15) is 0 Å². The highest BCUT2D eigenvalue weighted by Gasteiger charge is 2.53. The molecular formula is C54H67ClFN13O6S2. The Balaban J connectivity index is 0.761. The van der Waals surface area contributed by atoms with Crippen molar-refractivity contribution < 1.29 is 33.4 Å². The number of benzene rings is 2. The lowest BCUT2D eigenvalue weighted by molar-refractivity contribution is -0.145. The maximum Gasteiger partial charge on any atom is 0.276 e. The van der Waals surface area contributed by atoms with E-state index in [9.17, 15) is 28.7 Å². The van der Waals surface area contributed by atoms with Crippen LogP contribution < -0.4 is 36.2 Å². The number of carbonyl (C=O) groups is 4. The minimum Gasteiger partial charge on any atom is -0.492 e. The molecular weight excluding hydrogens is 1050 g/mol. The number of aliphatic hydroxyl groups is 1. The SMILES string of the molecule is Cc1ncsc1-c1ccc(CNC(=O)[C@@H]2C[C@@H](O)CN2C(=O)[C@@H](NC(=O)C2(F)CC2)C(C)(C)C)c(OCCN2CCN(c3ccc(C(=O)Nc4cccc(Sc5cnc(N6CCC(C)(CN)CC6)cn5)c4Cl)nn3)CC2)c1. The first-order valence-corrected chi connectivity index (χ1v) is 28.2. The summed E-state index contributed by atoms with van der Waals surface area (Å²) in [5.41, 5.74) is 8.26. The van der Waals surface area contributed by atoms with Crippen LogP contribution in [-0.4, -0.2) is 153 Å². The molecule has 3 aliphatic heterocycles. The second-order valence-electron chi connectivity index (χ2n) is 21.8. The smallest absolute Gasteiger partial charge is 0.276 e. The Morgan fingerprint density at radius 2 is 1.71 bits per heavy atom. The van der Waals surface area contributed by atoms with Gasteiger partial charge in [-0.1, -0.05) is 69.3 Å². The van der Waals surface area contributed by atoms with Crippen LogP contribution in [0.5, 0.6) is 5.75 Å². The normalized spacial score (nSPS) is 19.6. The van der Waals surface area contributed by atoms with Gasteiger partial charge in [-0.25, -0.2) is 19.3 Å². The molecule has 77 heavy (non-hydrogen) atoms. The van der Waals surface area contributed by atoms with Gasteiger partial charge in [0.1, 0.15) is 35.3 Å². The number of thiazole rings is 1. The summed E-state index contributed by atoms with van der Waals surface area (Å²) in [4.78, 5) is 77.4. The van der Waals surface area contributed by atoms with Crippen molar-refractivity contribution in [3.63, 3.8) is 0 Å². The Labute approximate surface area is 461 Å². The minimum absolute atomic E-state index is 0.0139. The Morgan fingerprint density at radius 3 is 2.36 bits per heavy atom. The van der Waals surface area contributed by atoms with Crippen molar-refractivity contribution in [1.82, 2.24) is 45.6 Å². The van der Waals surface area contributed by atoms with E-state index >= 15 is 0 Å². The molecule has 3 aromatic heterocycles. The molecule has 4 aliphatic rings. The van der Waals surface area contributed by atoms with E-state index in [1.54, 1.807) is 56.9 Å². The van der Waals surface area contributed by atoms with Gasteiger partial charge < -0.3 is 46.2 Å². The minimum atomic E-state index is -1.98. The molecule has 0 unspecified atom stereocenters. The van der Waals surface area contributed by atoms with Crippen LogP contribution in [0, 0.1) is 17.8 Å². The van der Waals surface area contributed by atoms with Gasteiger partial charge in [0.15, 0.2) is 17.2 Å². The number of piperazine rings is 1. The third-order valence-corrected chi connectivity index (χ3v) is 17.4. The summed E-state index contributed by atoms with van der Waals surface area (Å²) >= 11 is 9.70. The number of alkyl halides is 1. The molecule has 5 aromatic rings. The van der Waals surface area contributed by atoms with E-state index in [1.807, 2.05) is 37.3 Å². The molecule has 1 aliphatic carbocycles. The summed E-state index contributed by atoms with van der Waals surface area (Å²) in [7, 11) is 0. The van der Waals surface area contributed by atoms with Crippen LogP contribution >= 0.6 is 34.7 Å². The van der Waals surface area contributed by atoms with E-state index < -0.39 is 52.9 Å². The largest absolute Gasteiger partial charge is 0.492 e. The number of amides is 4. The van der Waals surface area contributed by atoms with Crippen molar-refractivity contribution in [2.24, 2.45) is 16.6 Å². The zero-order valence-corrected chi connectivity index (χ0v) is 46.4. The number of nitrogens with zero attached hydrogens (tertiary/aromatic N) is 9. The Morgan fingerprint density at radius 1 is 0.961 bits per heavy atom. The Hall–Kier alpha value is -6.04. The first-order valence-electron chi connectivity index (χ1n) is 26.1. The molecule has 4 fully saturated rings. The van der Waals surface area contributed by atoms with Crippen molar-refractivity contribution in [3.8, 4) is 16.2 Å². The van der Waals surface area contributed by atoms with Gasteiger partial charge in [0.05, 0.1) is 45.3 Å². The van der Waals surface area contributed by atoms with E-state index in [-0.39, 0.29) is 43.5 Å². The zero-order chi connectivity index (χ0) is 54.6. The first kappa shape index (κ1) is 55.7. The van der Waals surface area contributed by atoms with Crippen molar-refractivity contribution in [2.75, 3.05) is 80.6 Å². The molecule has 3 atom stereocenters. The Bertz CT molecular complexity index is 2930. The van der Waals surface area contributed by atoms with Gasteiger partial charge in [0.25, 0.3) is 11.8 Å². The van der Waals surface area contributed by atoms with Crippen LogP contribution in [0.15, 0.2) is 76.4 Å². The average Bonchev–Trinajstić information content (AvgIpc) is 3.86. The predicted octanol–water partition coefficient (Wildman–Crippen LogP) is 6.13. The summed E-state index contributed by atoms with van der Waals surface area (Å²) in [6.07, 6.45) is 4.79. The lowest BCUT2D eigenvalue weighted by Crippen LogP contribution is -2.59. The summed E-state index contributed by atoms with van der Waals surface area (Å²) in [5.74, 6) is -0.230. The lowest BCUT2D eigenvalue weighted by atomic mass is 9.80. The van der Waals surface area contributed by atoms with Crippen LogP contribution in [0.3, 0.4) is 0 Å². The molecule has 410 valence electrons. The van der Waals surface area contributed by atoms with E-state index in [0.29, 0.717) is 70.5 Å². The third kappa shape index (κ3) is 13.3. The standard InChI is InChI=1S/C54H67ClFN13O6S2/c1-33-46(76-32-61-33)34-9-10-35(27-60-49(72)39-26-36(70)30-69(39)50(73)47(52(2,3)4)63-51(74)54(56)13-14-54)40(25-34)75-24-23-66-19-21-68(22-20-66)42-12-11-38(64-65-42)48(71)62-37-7-6-8-41(45(37)55)77-44-29-58-43(28-59-44)67-17-15-53(5,31-57)16-18-67/h6-12,25,28-29,32,36,39,47,70H,13-24,26-27,30-31,57H2,1-5H3,(H,60,72)(H,62,71)(H,63,74)/t36-,39+,47-/m1/s1. The number of aryl methyl sites for hydroxylation is 1. The molecule has 23 heteroatoms. The number of β-amino-alcohol motifs (C(OH)–C–C–N with tert-alkyl or cyclic N) is 1. The summed E-state index contributed by atoms with van der Waals surface area (Å²) < 4.78 is 21.2. The quantitative estimate of drug-likeness (QED) is 0.0663. The summed E-state index contributed by atoms with van der Waals surface area (Å²) in [6.45, 7) is 15.7. The van der Waals surface area contributed by atoms with Gasteiger partial charge in [0, 0.05) is 75.8 Å². The molecule has 4 amide bonds. The molecule has 1 saturated carbocycles. The lowest BCUT2D eigenvalue weighted by Gasteiger charge is -2.39. The second kappa shape index (κ2) is 23.5. The number of likely N-dealkylation sites (tertiary alicyclic amines) is 1. The fraction of sp³-hybridized carbons (Fsp3) is 0.500. The van der Waals surface area contributed by atoms with Crippen LogP contribution in [0.2, 0.25) is 5.02 Å². The number of carbonyl (C=O) groups excluding carboxylic acids is 4. The average molecular weight is 1110 g/mol. The summed E-state index contributed by atoms with van der Waals surface area (Å²) in [5, 5.41) is 28.9. The highest BCUT2D eigenvalue weighted by atomic mass is 35.5. The van der Waals surface area contributed by atoms with Crippen molar-refractivity contribution in [1.29, 1.82) is 0 Å². The number of halogens is 2. The third-order valence-electron chi connectivity index (χ3n) is 14.9. The number of hydrogen-bond acceptors (Lipinski definition) is 17. The number of ether oxygens (including phenoxy) is 1. The number of piperidine rings is 1. The number of aliphatic hydroxyl groups excluding tert-OH is 1. The number of rotatable bonds is 18. The first-order chi connectivity index (χ1) is 36.8. The van der Waals surface area contributed by atoms with Crippen molar-refractivity contribution in [3.05, 3.63) is 88.4 Å². The van der Waals surface area contributed by atoms with Crippen molar-refractivity contribution >= 4 is 75.7 Å². The predicted molar refractivity (Wildman–Crippen MR) is 295 cm³/mol. The molecule has 0 spiro atoms. The van der Waals surface area contributed by atoms with Gasteiger partial charge in [-0.3, -0.25) is 24.1 Å². The highest BCUT2D eigenvalue weighted by Crippen LogP contribution is 2.41. The molecule has 2 aromatic carbocycles. The molecule has 0 bridgehead atoms. The molecule has 0 radical (unpaired) electrons. The topological polar surface area (TPSA) is 237 Å². The van der Waals surface area contributed by atoms with Crippen LogP contribution in [0.25, 0.3) is 10.4 Å². The zero-order valence-electron chi connectivity index (χ0n) is 44.1. The van der Waals surface area contributed by atoms with Gasteiger partial charge in [0.2, 0.25) is 11.8 Å². The highest BCUT2D eigenvalue weighted by molar-refractivity contribution is 7.99. The number of nitrogens with two attached hydrogens (primary N) is 1. The fourth-order valence-corrected chi connectivity index (χ4v) is 11.5. The van der Waals surface area contributed by atoms with Gasteiger partial charge in [-0.15, -0.1) is 21.5 Å². The molecule has 9 rings (SSSR count). The van der Waals surface area contributed by atoms with E-state index in [2.05, 4.69) is 62.7 Å².